The summed E-state index contributed by atoms with van der Waals surface area (Å²) < 4.78 is 31.0. The third-order valence-electron chi connectivity index (χ3n) is 0.134. The van der Waals surface area contributed by atoms with Gasteiger partial charge < -0.3 is 1.43 Å². The van der Waals surface area contributed by atoms with Gasteiger partial charge in [0.2, 0.25) is 0 Å². The molecule has 0 bridgehead atoms. The SMILES string of the molecule is [H-].[N-]=[N+]=NS(=O)(=O)F.[Na+]. The molecule has 0 atom stereocenters. The Hall–Kier alpha value is 0.190. The van der Waals surface area contributed by atoms with Crippen molar-refractivity contribution < 1.29 is 43.3 Å². The molecule has 0 saturated carbocycles. The Morgan fingerprint density at radius 3 is 2.12 bits per heavy atom. The van der Waals surface area contributed by atoms with Gasteiger partial charge in [-0.15, -0.1) is 0 Å². The van der Waals surface area contributed by atoms with Gasteiger partial charge in [0.15, 0.2) is 0 Å². The second-order valence-electron chi connectivity index (χ2n) is 0.583. The molecule has 8 heavy (non-hydrogen) atoms. The maximum Gasteiger partial charge on any atom is 1.00 e. The topological polar surface area (TPSA) is 82.9 Å². The van der Waals surface area contributed by atoms with Crippen LogP contribution in [0.15, 0.2) is 4.52 Å². The Balaban J connectivity index is -0.000000180. The van der Waals surface area contributed by atoms with Crippen LogP contribution in [0.3, 0.4) is 0 Å². The van der Waals surface area contributed by atoms with Crippen molar-refractivity contribution in [3.63, 3.8) is 0 Å². The van der Waals surface area contributed by atoms with Crippen LogP contribution in [0.5, 0.6) is 0 Å². The van der Waals surface area contributed by atoms with Crippen molar-refractivity contribution in [3.8, 4) is 0 Å². The van der Waals surface area contributed by atoms with E-state index in [0.29, 0.717) is 0 Å². The molecular formula is HFN3NaO2S. The molecule has 42 valence electrons. The quantitative estimate of drug-likeness (QED) is 0.137. The second-order valence-corrected chi connectivity index (χ2v) is 1.57. The third kappa shape index (κ3) is 9.50. The monoisotopic (exact) mass is 149 g/mol. The van der Waals surface area contributed by atoms with E-state index in [1.54, 1.807) is 9.43 Å². The van der Waals surface area contributed by atoms with Crippen molar-refractivity contribution in [2.45, 2.75) is 0 Å². The van der Waals surface area contributed by atoms with Crippen LogP contribution in [0.2, 0.25) is 0 Å². The maximum atomic E-state index is 10.9. The van der Waals surface area contributed by atoms with E-state index >= 15 is 0 Å². The predicted molar refractivity (Wildman–Crippen MR) is 20.3 cm³/mol. The van der Waals surface area contributed by atoms with E-state index in [2.05, 4.69) is 0 Å². The Kier molecular flexibility index (Phi) is 5.67. The van der Waals surface area contributed by atoms with E-state index in [-0.39, 0.29) is 31.0 Å². The molecule has 5 nitrogen and oxygen atoms in total. The first-order valence-electron chi connectivity index (χ1n) is 1.07. The fourth-order valence-electron chi connectivity index (χ4n) is 0.0436. The first-order valence-corrected chi connectivity index (χ1v) is 2.41. The van der Waals surface area contributed by atoms with Gasteiger partial charge in [0.1, 0.15) is 0 Å². The maximum absolute atomic E-state index is 10.9. The summed E-state index contributed by atoms with van der Waals surface area (Å²) in [5.41, 5.74) is 7.24. The van der Waals surface area contributed by atoms with Crippen LogP contribution in [-0.4, -0.2) is 8.42 Å². The summed E-state index contributed by atoms with van der Waals surface area (Å²) in [6.07, 6.45) is 0. The Labute approximate surface area is 68.6 Å². The molecule has 0 spiro atoms. The zero-order chi connectivity index (χ0) is 5.91. The van der Waals surface area contributed by atoms with E-state index in [1.807, 2.05) is 0 Å². The molecule has 0 aliphatic heterocycles. The van der Waals surface area contributed by atoms with Gasteiger partial charge in [0, 0.05) is 4.91 Å². The Morgan fingerprint density at radius 1 is 1.75 bits per heavy atom. The number of hydrogen-bond acceptors (Lipinski definition) is 2. The van der Waals surface area contributed by atoms with Crippen LogP contribution in [0.25, 0.3) is 10.4 Å². The average molecular weight is 149 g/mol. The zero-order valence-electron chi connectivity index (χ0n) is 4.94. The van der Waals surface area contributed by atoms with E-state index < -0.39 is 10.4 Å². The summed E-state index contributed by atoms with van der Waals surface area (Å²) in [5.74, 6) is 0. The number of nitrogens with zero attached hydrogens (tertiary/aromatic N) is 3. The molecule has 0 N–H and O–H groups in total. The number of rotatable bonds is 1. The van der Waals surface area contributed by atoms with Crippen LogP contribution < -0.4 is 29.6 Å². The van der Waals surface area contributed by atoms with Gasteiger partial charge in [-0.3, -0.25) is 0 Å². The van der Waals surface area contributed by atoms with Crippen molar-refractivity contribution in [1.29, 1.82) is 0 Å². The third-order valence-corrected chi connectivity index (χ3v) is 0.402. The molecule has 0 fully saturated rings. The number of hydrogen-bond donors (Lipinski definition) is 0. The molecule has 0 aromatic rings. The fourth-order valence-corrected chi connectivity index (χ4v) is 0.131. The van der Waals surface area contributed by atoms with Gasteiger partial charge in [0.05, 0.1) is 4.52 Å². The Bertz CT molecular complexity index is 194. The van der Waals surface area contributed by atoms with E-state index in [1.165, 1.54) is 0 Å². The molecule has 0 aliphatic carbocycles. The molecule has 0 radical (unpaired) electrons. The molecule has 0 aromatic heterocycles. The van der Waals surface area contributed by atoms with E-state index in [4.69, 9.17) is 13.9 Å². The summed E-state index contributed by atoms with van der Waals surface area (Å²) in [6.45, 7) is 0. The standard InChI is InChI=1S/FN3O2S.Na.H/c1-7(5,6)4-3-2;;/q;+1;-1. The minimum Gasteiger partial charge on any atom is -1.00 e. The van der Waals surface area contributed by atoms with Crippen LogP contribution in [0, 0.1) is 0 Å². The van der Waals surface area contributed by atoms with Gasteiger partial charge >= 0.3 is 40.0 Å². The van der Waals surface area contributed by atoms with Gasteiger partial charge in [-0.25, -0.2) is 0 Å². The van der Waals surface area contributed by atoms with Gasteiger partial charge in [-0.05, 0) is 5.53 Å². The summed E-state index contributed by atoms with van der Waals surface area (Å²) in [6, 6.07) is 0. The Morgan fingerprint density at radius 2 is 2.12 bits per heavy atom. The number of halogens is 1. The van der Waals surface area contributed by atoms with Crippen molar-refractivity contribution in [2.24, 2.45) is 4.52 Å². The molecule has 0 rings (SSSR count). The van der Waals surface area contributed by atoms with E-state index in [9.17, 15) is 3.89 Å². The first-order chi connectivity index (χ1) is 3.06. The van der Waals surface area contributed by atoms with Crippen LogP contribution in [0.1, 0.15) is 1.43 Å². The fraction of sp³-hybridized carbons (Fsp3) is 0. The first kappa shape index (κ1) is 11.0. The number of azide groups is 1. The van der Waals surface area contributed by atoms with Crippen molar-refractivity contribution in [1.82, 2.24) is 0 Å². The van der Waals surface area contributed by atoms with Gasteiger partial charge in [-0.1, -0.05) is 3.89 Å². The minimum atomic E-state index is -4.97. The molecular weight excluding hydrogens is 148 g/mol. The van der Waals surface area contributed by atoms with Crippen molar-refractivity contribution in [2.75, 3.05) is 0 Å². The second kappa shape index (κ2) is 4.11. The molecule has 0 saturated heterocycles. The summed E-state index contributed by atoms with van der Waals surface area (Å²) in [7, 11) is -4.97. The molecule has 0 heterocycles. The van der Waals surface area contributed by atoms with Crippen molar-refractivity contribution in [3.05, 3.63) is 10.4 Å². The molecule has 0 unspecified atom stereocenters. The van der Waals surface area contributed by atoms with Gasteiger partial charge in [0.25, 0.3) is 0 Å². The summed E-state index contributed by atoms with van der Waals surface area (Å²) in [4.78, 5) is 1.67. The van der Waals surface area contributed by atoms with E-state index in [0.717, 1.165) is 0 Å². The molecule has 0 aliphatic rings. The predicted octanol–water partition coefficient (Wildman–Crippen LogP) is -2.37. The average Bonchev–Trinajstić information content (AvgIpc) is 1.30. The normalized spacial score (nSPS) is 8.62. The molecule has 8 heteroatoms. The summed E-state index contributed by atoms with van der Waals surface area (Å²) >= 11 is 0. The van der Waals surface area contributed by atoms with Crippen LogP contribution in [-0.2, 0) is 10.4 Å². The largest absolute Gasteiger partial charge is 1.00 e. The van der Waals surface area contributed by atoms with Crippen molar-refractivity contribution >= 4 is 10.4 Å². The smallest absolute Gasteiger partial charge is 1.00 e. The molecule has 0 aromatic carbocycles. The zero-order valence-corrected chi connectivity index (χ0v) is 6.76. The van der Waals surface area contributed by atoms with Gasteiger partial charge in [-0.2, -0.15) is 8.42 Å². The van der Waals surface area contributed by atoms with Crippen LogP contribution in [0.4, 0.5) is 3.89 Å². The minimum absolute atomic E-state index is 0. The summed E-state index contributed by atoms with van der Waals surface area (Å²) in [5, 5.41) is 0. The molecule has 0 amide bonds. The van der Waals surface area contributed by atoms with Crippen LogP contribution >= 0.6 is 0 Å².